The summed E-state index contributed by atoms with van der Waals surface area (Å²) in [6.45, 7) is 2.67. The third kappa shape index (κ3) is 4.81. The molecule has 0 saturated heterocycles. The molecule has 2 aromatic carbocycles. The average Bonchev–Trinajstić information content (AvgIpc) is 3.49. The normalized spacial score (nSPS) is 13.1. The molecule has 160 valence electrons. The maximum Gasteiger partial charge on any atom is 0.234 e. The van der Waals surface area contributed by atoms with Crippen LogP contribution in [0.2, 0.25) is 0 Å². The molecule has 0 spiro atoms. The quantitative estimate of drug-likeness (QED) is 0.378. The van der Waals surface area contributed by atoms with Crippen LogP contribution >= 0.6 is 0 Å². The van der Waals surface area contributed by atoms with E-state index in [1.54, 1.807) is 13.4 Å². The fourth-order valence-electron chi connectivity index (χ4n) is 3.79. The van der Waals surface area contributed by atoms with Crippen molar-refractivity contribution < 1.29 is 13.9 Å². The molecule has 0 aliphatic carbocycles. The van der Waals surface area contributed by atoms with Crippen LogP contribution in [0.25, 0.3) is 10.9 Å². The van der Waals surface area contributed by atoms with Crippen LogP contribution in [0, 0.1) is 0 Å². The Morgan fingerprint density at radius 3 is 2.65 bits per heavy atom. The smallest absolute Gasteiger partial charge is 0.234 e. The second-order valence-electron chi connectivity index (χ2n) is 7.54. The molecule has 4 aromatic rings. The molecule has 3 N–H and O–H groups in total. The van der Waals surface area contributed by atoms with Gasteiger partial charge in [-0.05, 0) is 48.4 Å². The van der Waals surface area contributed by atoms with Gasteiger partial charge >= 0.3 is 0 Å². The Kier molecular flexibility index (Phi) is 6.38. The Labute approximate surface area is 181 Å². The van der Waals surface area contributed by atoms with Crippen molar-refractivity contribution in [1.82, 2.24) is 15.6 Å². The molecule has 2 heterocycles. The number of para-hydroxylation sites is 1. The summed E-state index contributed by atoms with van der Waals surface area (Å²) in [7, 11) is 1.66. The van der Waals surface area contributed by atoms with Gasteiger partial charge in [-0.3, -0.25) is 10.1 Å². The molecule has 2 atom stereocenters. The highest BCUT2D eigenvalue weighted by Gasteiger charge is 2.19. The molecule has 0 saturated carbocycles. The number of benzene rings is 2. The summed E-state index contributed by atoms with van der Waals surface area (Å²) in [6, 6.07) is 19.9. The molecule has 0 radical (unpaired) electrons. The Morgan fingerprint density at radius 2 is 1.90 bits per heavy atom. The van der Waals surface area contributed by atoms with Crippen molar-refractivity contribution in [2.45, 2.75) is 18.9 Å². The van der Waals surface area contributed by atoms with Gasteiger partial charge in [0.15, 0.2) is 0 Å². The molecule has 6 heteroatoms. The van der Waals surface area contributed by atoms with Crippen LogP contribution in [-0.2, 0) is 4.79 Å². The van der Waals surface area contributed by atoms with Crippen LogP contribution in [0.3, 0.4) is 0 Å². The van der Waals surface area contributed by atoms with Crippen LogP contribution in [0.15, 0.2) is 77.5 Å². The third-order valence-corrected chi connectivity index (χ3v) is 5.56. The van der Waals surface area contributed by atoms with Gasteiger partial charge in [0.1, 0.15) is 11.5 Å². The number of aromatic nitrogens is 1. The molecule has 0 aliphatic rings. The van der Waals surface area contributed by atoms with Gasteiger partial charge in [-0.25, -0.2) is 0 Å². The van der Waals surface area contributed by atoms with Crippen molar-refractivity contribution in [3.8, 4) is 5.75 Å². The second kappa shape index (κ2) is 9.53. The van der Waals surface area contributed by atoms with Crippen molar-refractivity contribution >= 4 is 16.8 Å². The van der Waals surface area contributed by atoms with Crippen LogP contribution in [0.4, 0.5) is 0 Å². The van der Waals surface area contributed by atoms with E-state index in [1.165, 1.54) is 0 Å². The Bertz CT molecular complexity index is 1120. The van der Waals surface area contributed by atoms with Crippen LogP contribution < -0.4 is 15.4 Å². The summed E-state index contributed by atoms with van der Waals surface area (Å²) < 4.78 is 10.7. The number of hydrogen-bond donors (Lipinski definition) is 3. The average molecular weight is 418 g/mol. The summed E-state index contributed by atoms with van der Waals surface area (Å²) in [5.74, 6) is 1.56. The fourth-order valence-corrected chi connectivity index (χ4v) is 3.79. The number of carbonyl (C=O) groups excluding carboxylic acids is 1. The zero-order valence-corrected chi connectivity index (χ0v) is 17.7. The largest absolute Gasteiger partial charge is 0.497 e. The van der Waals surface area contributed by atoms with E-state index in [1.807, 2.05) is 49.5 Å². The number of methoxy groups -OCH3 is 1. The lowest BCUT2D eigenvalue weighted by Crippen LogP contribution is -2.37. The summed E-state index contributed by atoms with van der Waals surface area (Å²) in [6.07, 6.45) is 3.66. The zero-order valence-electron chi connectivity index (χ0n) is 17.7. The summed E-state index contributed by atoms with van der Waals surface area (Å²) in [5, 5.41) is 7.44. The van der Waals surface area contributed by atoms with E-state index in [-0.39, 0.29) is 24.4 Å². The van der Waals surface area contributed by atoms with Gasteiger partial charge < -0.3 is 19.5 Å². The maximum absolute atomic E-state index is 12.6. The summed E-state index contributed by atoms with van der Waals surface area (Å²) >= 11 is 0. The monoisotopic (exact) mass is 417 g/mol. The highest BCUT2D eigenvalue weighted by Crippen LogP contribution is 2.31. The van der Waals surface area contributed by atoms with Crippen LogP contribution in [-0.4, -0.2) is 31.1 Å². The summed E-state index contributed by atoms with van der Waals surface area (Å²) in [5.41, 5.74) is 3.34. The Hall–Kier alpha value is -3.51. The number of amides is 1. The van der Waals surface area contributed by atoms with Gasteiger partial charge in [-0.2, -0.15) is 0 Å². The minimum absolute atomic E-state index is 0.00787. The van der Waals surface area contributed by atoms with Gasteiger partial charge in [-0.1, -0.05) is 30.3 Å². The first-order valence-corrected chi connectivity index (χ1v) is 10.4. The lowest BCUT2D eigenvalue weighted by atomic mass is 9.91. The van der Waals surface area contributed by atoms with Gasteiger partial charge in [0.05, 0.1) is 26.0 Å². The number of ether oxygens (including phenoxy) is 1. The first-order valence-electron chi connectivity index (χ1n) is 10.4. The van der Waals surface area contributed by atoms with Crippen molar-refractivity contribution in [1.29, 1.82) is 0 Å². The van der Waals surface area contributed by atoms with E-state index in [9.17, 15) is 4.79 Å². The predicted molar refractivity (Wildman–Crippen MR) is 121 cm³/mol. The number of hydrogen-bond acceptors (Lipinski definition) is 4. The SMILES string of the molecule is COc1ccc([C@@H](CNC(=O)CN[C@H](C)c2ccco2)c2c[nH]c3ccccc23)cc1. The third-order valence-electron chi connectivity index (χ3n) is 5.56. The number of nitrogens with one attached hydrogen (secondary N) is 3. The van der Waals surface area contributed by atoms with Crippen LogP contribution in [0.5, 0.6) is 5.75 Å². The van der Waals surface area contributed by atoms with E-state index in [2.05, 4.69) is 39.9 Å². The van der Waals surface area contributed by atoms with Crippen molar-refractivity contribution in [3.63, 3.8) is 0 Å². The molecule has 0 aliphatic heterocycles. The molecule has 0 fully saturated rings. The first-order chi connectivity index (χ1) is 15.2. The first kappa shape index (κ1) is 20.8. The fraction of sp³-hybridized carbons (Fsp3) is 0.240. The minimum atomic E-state index is -0.0586. The molecule has 1 amide bonds. The molecule has 31 heavy (non-hydrogen) atoms. The lowest BCUT2D eigenvalue weighted by molar-refractivity contribution is -0.120. The van der Waals surface area contributed by atoms with Gasteiger partial charge in [0.25, 0.3) is 0 Å². The number of fused-ring (bicyclic) bond motifs is 1. The van der Waals surface area contributed by atoms with Gasteiger partial charge in [-0.15, -0.1) is 0 Å². The van der Waals surface area contributed by atoms with Crippen molar-refractivity contribution in [3.05, 3.63) is 90.0 Å². The van der Waals surface area contributed by atoms with Crippen molar-refractivity contribution in [2.24, 2.45) is 0 Å². The number of rotatable bonds is 9. The molecule has 6 nitrogen and oxygen atoms in total. The predicted octanol–water partition coefficient (Wildman–Crippen LogP) is 4.37. The highest BCUT2D eigenvalue weighted by atomic mass is 16.5. The molecular weight excluding hydrogens is 390 g/mol. The molecule has 0 unspecified atom stereocenters. The van der Waals surface area contributed by atoms with E-state index in [0.717, 1.165) is 33.5 Å². The zero-order chi connectivity index (χ0) is 21.6. The second-order valence-corrected chi connectivity index (χ2v) is 7.54. The number of furan rings is 1. The van der Waals surface area contributed by atoms with Crippen molar-refractivity contribution in [2.75, 3.05) is 20.2 Å². The van der Waals surface area contributed by atoms with E-state index < -0.39 is 0 Å². The van der Waals surface area contributed by atoms with E-state index >= 15 is 0 Å². The molecule has 2 aromatic heterocycles. The molecule has 0 bridgehead atoms. The Morgan fingerprint density at radius 1 is 1.10 bits per heavy atom. The number of H-pyrrole nitrogens is 1. The molecular formula is C25H27N3O3. The highest BCUT2D eigenvalue weighted by molar-refractivity contribution is 5.84. The number of carbonyl (C=O) groups is 1. The maximum atomic E-state index is 12.6. The standard InChI is InChI=1S/C25H27N3O3/c1-17(24-8-5-13-31-24)26-16-25(29)28-14-21(18-9-11-19(30-2)12-10-18)22-15-27-23-7-4-3-6-20(22)23/h3-13,15,17,21,26-27H,14,16H2,1-2H3,(H,28,29)/t17-,21-/m1/s1. The van der Waals surface area contributed by atoms with E-state index in [4.69, 9.17) is 9.15 Å². The summed E-state index contributed by atoms with van der Waals surface area (Å²) in [4.78, 5) is 15.9. The van der Waals surface area contributed by atoms with Gasteiger partial charge in [0.2, 0.25) is 5.91 Å². The topological polar surface area (TPSA) is 79.3 Å². The lowest BCUT2D eigenvalue weighted by Gasteiger charge is -2.19. The van der Waals surface area contributed by atoms with Gasteiger partial charge in [0, 0.05) is 29.6 Å². The minimum Gasteiger partial charge on any atom is -0.497 e. The van der Waals surface area contributed by atoms with Crippen LogP contribution in [0.1, 0.15) is 35.8 Å². The number of aromatic amines is 1. The van der Waals surface area contributed by atoms with E-state index in [0.29, 0.717) is 6.54 Å². The Balaban J connectivity index is 1.48. The molecule has 4 rings (SSSR count).